The van der Waals surface area contributed by atoms with Crippen molar-refractivity contribution in [3.8, 4) is 0 Å². The van der Waals surface area contributed by atoms with E-state index in [0.717, 1.165) is 16.5 Å². The fourth-order valence-electron chi connectivity index (χ4n) is 1.78. The second-order valence-corrected chi connectivity index (χ2v) is 3.45. The van der Waals surface area contributed by atoms with Crippen LogP contribution in [0.2, 0.25) is 0 Å². The van der Waals surface area contributed by atoms with Crippen molar-refractivity contribution in [1.82, 2.24) is 4.57 Å². The van der Waals surface area contributed by atoms with Crippen LogP contribution < -0.4 is 5.73 Å². The van der Waals surface area contributed by atoms with Gasteiger partial charge in [0.15, 0.2) is 5.78 Å². The molecule has 3 heteroatoms. The van der Waals surface area contributed by atoms with Gasteiger partial charge in [-0.3, -0.25) is 4.79 Å². The molecule has 2 rings (SSSR count). The number of hydrogen-bond donors (Lipinski definition) is 1. The Labute approximate surface area is 82.1 Å². The smallest absolute Gasteiger partial charge is 0.161 e. The molecular weight excluding hydrogens is 176 g/mol. The molecule has 0 unspecified atom stereocenters. The molecule has 1 aromatic heterocycles. The van der Waals surface area contributed by atoms with E-state index in [0.29, 0.717) is 5.69 Å². The minimum atomic E-state index is 0.0706. The van der Waals surface area contributed by atoms with Gasteiger partial charge in [0, 0.05) is 24.2 Å². The van der Waals surface area contributed by atoms with Crippen LogP contribution in [0.1, 0.15) is 17.3 Å². The Kier molecular flexibility index (Phi) is 1.81. The maximum absolute atomic E-state index is 11.3. The number of hydrogen-bond acceptors (Lipinski definition) is 2. The second kappa shape index (κ2) is 2.87. The Balaban J connectivity index is 2.91. The van der Waals surface area contributed by atoms with Crippen LogP contribution in [-0.4, -0.2) is 10.4 Å². The molecule has 0 saturated carbocycles. The zero-order valence-corrected chi connectivity index (χ0v) is 8.24. The average molecular weight is 188 g/mol. The Bertz CT molecular complexity index is 511. The van der Waals surface area contributed by atoms with Gasteiger partial charge in [-0.1, -0.05) is 12.1 Å². The van der Waals surface area contributed by atoms with Gasteiger partial charge in [0.2, 0.25) is 0 Å². The number of fused-ring (bicyclic) bond motifs is 1. The van der Waals surface area contributed by atoms with E-state index in [9.17, 15) is 4.79 Å². The number of para-hydroxylation sites is 1. The van der Waals surface area contributed by atoms with Gasteiger partial charge in [-0.25, -0.2) is 0 Å². The predicted molar refractivity (Wildman–Crippen MR) is 57.3 cm³/mol. The number of rotatable bonds is 1. The summed E-state index contributed by atoms with van der Waals surface area (Å²) in [5.41, 5.74) is 8.20. The molecule has 0 aliphatic carbocycles. The summed E-state index contributed by atoms with van der Waals surface area (Å²) in [4.78, 5) is 11.3. The molecule has 1 heterocycles. The third-order valence-electron chi connectivity index (χ3n) is 2.41. The first-order valence-corrected chi connectivity index (χ1v) is 4.45. The van der Waals surface area contributed by atoms with Gasteiger partial charge in [0.1, 0.15) is 0 Å². The van der Waals surface area contributed by atoms with Crippen molar-refractivity contribution in [2.45, 2.75) is 6.92 Å². The number of aryl methyl sites for hydroxylation is 1. The van der Waals surface area contributed by atoms with Gasteiger partial charge >= 0.3 is 0 Å². The highest BCUT2D eigenvalue weighted by Crippen LogP contribution is 2.25. The lowest BCUT2D eigenvalue weighted by molar-refractivity contribution is 0.101. The van der Waals surface area contributed by atoms with E-state index < -0.39 is 0 Å². The zero-order chi connectivity index (χ0) is 10.3. The number of Topliss-reactive ketones (excluding diaryl/α,β-unsaturated/α-hetero) is 1. The van der Waals surface area contributed by atoms with Crippen molar-refractivity contribution in [1.29, 1.82) is 0 Å². The highest BCUT2D eigenvalue weighted by molar-refractivity contribution is 6.09. The molecule has 0 atom stereocenters. The van der Waals surface area contributed by atoms with Crippen LogP contribution in [-0.2, 0) is 7.05 Å². The molecule has 0 radical (unpaired) electrons. The summed E-state index contributed by atoms with van der Waals surface area (Å²) in [6.07, 6.45) is 1.82. The Morgan fingerprint density at radius 2 is 2.14 bits per heavy atom. The number of carbonyl (C=O) groups is 1. The molecule has 72 valence electrons. The summed E-state index contributed by atoms with van der Waals surface area (Å²) in [5, 5.41) is 0.931. The van der Waals surface area contributed by atoms with Crippen molar-refractivity contribution in [2.24, 2.45) is 7.05 Å². The van der Waals surface area contributed by atoms with Crippen LogP contribution in [0.25, 0.3) is 10.9 Å². The van der Waals surface area contributed by atoms with Crippen LogP contribution in [0.3, 0.4) is 0 Å². The first-order chi connectivity index (χ1) is 6.61. The molecule has 0 saturated heterocycles. The van der Waals surface area contributed by atoms with Gasteiger partial charge in [0.05, 0.1) is 11.2 Å². The fraction of sp³-hybridized carbons (Fsp3) is 0.182. The lowest BCUT2D eigenvalue weighted by Gasteiger charge is -1.99. The standard InChI is InChI=1S/C11H12N2O/c1-7(14)9-6-13(2)11-8(9)4-3-5-10(11)12/h3-6H,12H2,1-2H3. The first kappa shape index (κ1) is 8.81. The monoisotopic (exact) mass is 188 g/mol. The molecular formula is C11H12N2O. The summed E-state index contributed by atoms with van der Waals surface area (Å²) >= 11 is 0. The molecule has 2 N–H and O–H groups in total. The van der Waals surface area contributed by atoms with Crippen molar-refractivity contribution < 1.29 is 4.79 Å². The Morgan fingerprint density at radius 1 is 1.43 bits per heavy atom. The Hall–Kier alpha value is -1.77. The number of nitrogens with two attached hydrogens (primary N) is 1. The summed E-state index contributed by atoms with van der Waals surface area (Å²) < 4.78 is 1.89. The number of benzene rings is 1. The van der Waals surface area contributed by atoms with Gasteiger partial charge in [-0.15, -0.1) is 0 Å². The molecule has 0 amide bonds. The van der Waals surface area contributed by atoms with Crippen molar-refractivity contribution in [2.75, 3.05) is 5.73 Å². The number of ketones is 1. The maximum atomic E-state index is 11.3. The molecule has 14 heavy (non-hydrogen) atoms. The van der Waals surface area contributed by atoms with Gasteiger partial charge in [-0.05, 0) is 13.0 Å². The largest absolute Gasteiger partial charge is 0.397 e. The zero-order valence-electron chi connectivity index (χ0n) is 8.24. The number of carbonyl (C=O) groups excluding carboxylic acids is 1. The van der Waals surface area contributed by atoms with E-state index >= 15 is 0 Å². The summed E-state index contributed by atoms with van der Waals surface area (Å²) in [7, 11) is 1.89. The highest BCUT2D eigenvalue weighted by atomic mass is 16.1. The van der Waals surface area contributed by atoms with E-state index in [4.69, 9.17) is 5.73 Å². The van der Waals surface area contributed by atoms with Crippen molar-refractivity contribution in [3.63, 3.8) is 0 Å². The normalized spacial score (nSPS) is 10.7. The fourth-order valence-corrected chi connectivity index (χ4v) is 1.78. The summed E-state index contributed by atoms with van der Waals surface area (Å²) in [6.45, 7) is 1.57. The molecule has 0 aliphatic rings. The lowest BCUT2D eigenvalue weighted by Crippen LogP contribution is -1.91. The number of aromatic nitrogens is 1. The molecule has 3 nitrogen and oxygen atoms in total. The van der Waals surface area contributed by atoms with Gasteiger partial charge in [0.25, 0.3) is 0 Å². The van der Waals surface area contributed by atoms with Crippen LogP contribution >= 0.6 is 0 Å². The van der Waals surface area contributed by atoms with Gasteiger partial charge < -0.3 is 10.3 Å². The van der Waals surface area contributed by atoms with E-state index in [1.807, 2.05) is 36.0 Å². The topological polar surface area (TPSA) is 48.0 Å². The van der Waals surface area contributed by atoms with E-state index in [-0.39, 0.29) is 5.78 Å². The summed E-state index contributed by atoms with van der Waals surface area (Å²) in [6, 6.07) is 5.62. The van der Waals surface area contributed by atoms with Crippen molar-refractivity contribution in [3.05, 3.63) is 30.0 Å². The van der Waals surface area contributed by atoms with Gasteiger partial charge in [-0.2, -0.15) is 0 Å². The Morgan fingerprint density at radius 3 is 2.79 bits per heavy atom. The van der Waals surface area contributed by atoms with Crippen LogP contribution in [0, 0.1) is 0 Å². The van der Waals surface area contributed by atoms with Crippen LogP contribution in [0.5, 0.6) is 0 Å². The second-order valence-electron chi connectivity index (χ2n) is 3.45. The average Bonchev–Trinajstić information content (AvgIpc) is 2.45. The SMILES string of the molecule is CC(=O)c1cn(C)c2c(N)cccc12. The van der Waals surface area contributed by atoms with Crippen LogP contribution in [0.15, 0.2) is 24.4 Å². The lowest BCUT2D eigenvalue weighted by atomic mass is 10.1. The maximum Gasteiger partial charge on any atom is 0.161 e. The number of nitrogen functional groups attached to an aromatic ring is 1. The molecule has 1 aromatic carbocycles. The molecule has 0 aliphatic heterocycles. The van der Waals surface area contributed by atoms with Crippen LogP contribution in [0.4, 0.5) is 5.69 Å². The summed E-state index contributed by atoms with van der Waals surface area (Å²) in [5.74, 6) is 0.0706. The minimum absolute atomic E-state index is 0.0706. The first-order valence-electron chi connectivity index (χ1n) is 4.45. The van der Waals surface area contributed by atoms with Crippen molar-refractivity contribution >= 4 is 22.4 Å². The predicted octanol–water partition coefficient (Wildman–Crippen LogP) is 1.96. The number of nitrogens with zero attached hydrogens (tertiary/aromatic N) is 1. The van der Waals surface area contributed by atoms with E-state index in [2.05, 4.69) is 0 Å². The molecule has 0 spiro atoms. The third-order valence-corrected chi connectivity index (χ3v) is 2.41. The quantitative estimate of drug-likeness (QED) is 0.549. The van der Waals surface area contributed by atoms with E-state index in [1.165, 1.54) is 0 Å². The molecule has 2 aromatic rings. The highest BCUT2D eigenvalue weighted by Gasteiger charge is 2.11. The molecule has 0 fully saturated rings. The molecule has 0 bridgehead atoms. The minimum Gasteiger partial charge on any atom is -0.397 e. The number of anilines is 1. The third kappa shape index (κ3) is 1.09. The van der Waals surface area contributed by atoms with E-state index in [1.54, 1.807) is 6.92 Å².